The maximum atomic E-state index is 11.9. The summed E-state index contributed by atoms with van der Waals surface area (Å²) in [5, 5.41) is 6.17. The minimum absolute atomic E-state index is 0.177. The van der Waals surface area contributed by atoms with Gasteiger partial charge in [-0.25, -0.2) is 0 Å². The van der Waals surface area contributed by atoms with E-state index >= 15 is 0 Å². The summed E-state index contributed by atoms with van der Waals surface area (Å²) in [4.78, 5) is 11.9. The van der Waals surface area contributed by atoms with Gasteiger partial charge in [-0.1, -0.05) is 17.3 Å². The molecule has 0 radical (unpaired) electrons. The quantitative estimate of drug-likeness (QED) is 0.919. The first-order valence-electron chi connectivity index (χ1n) is 6.31. The lowest BCUT2D eigenvalue weighted by Gasteiger charge is -2.08. The lowest BCUT2D eigenvalue weighted by Crippen LogP contribution is -2.16. The van der Waals surface area contributed by atoms with Crippen molar-refractivity contribution in [1.82, 2.24) is 5.16 Å². The third kappa shape index (κ3) is 4.88. The van der Waals surface area contributed by atoms with E-state index < -0.39 is 18.7 Å². The van der Waals surface area contributed by atoms with Crippen LogP contribution in [-0.2, 0) is 11.3 Å². The maximum Gasteiger partial charge on any atom is 0.411 e. The standard InChI is InChI=1S/C14H13F3N2O3/c1-9-6-12(19-22-9)18-13(20)11-4-2-10(3-5-11)7-21-8-14(15,16)17/h2-6H,7-8H2,1H3,(H,18,19,20). The van der Waals surface area contributed by atoms with Gasteiger partial charge < -0.3 is 14.6 Å². The maximum absolute atomic E-state index is 11.9. The Morgan fingerprint density at radius 1 is 1.32 bits per heavy atom. The Labute approximate surface area is 124 Å². The van der Waals surface area contributed by atoms with E-state index in [4.69, 9.17) is 4.52 Å². The second-order valence-electron chi connectivity index (χ2n) is 4.58. The molecule has 0 aliphatic rings. The van der Waals surface area contributed by atoms with Gasteiger partial charge in [0.15, 0.2) is 5.82 Å². The van der Waals surface area contributed by atoms with Crippen molar-refractivity contribution in [2.45, 2.75) is 19.7 Å². The molecule has 0 saturated heterocycles. The molecule has 2 aromatic rings. The highest BCUT2D eigenvalue weighted by molar-refractivity contribution is 6.03. The Balaban J connectivity index is 1.89. The number of alkyl halides is 3. The molecule has 0 unspecified atom stereocenters. The highest BCUT2D eigenvalue weighted by Crippen LogP contribution is 2.16. The van der Waals surface area contributed by atoms with E-state index in [0.717, 1.165) is 0 Å². The lowest BCUT2D eigenvalue weighted by molar-refractivity contribution is -0.176. The molecule has 118 valence electrons. The van der Waals surface area contributed by atoms with Gasteiger partial charge >= 0.3 is 6.18 Å². The molecule has 1 aromatic carbocycles. The molecule has 1 aromatic heterocycles. The van der Waals surface area contributed by atoms with Crippen molar-refractivity contribution >= 4 is 11.7 Å². The zero-order valence-corrected chi connectivity index (χ0v) is 11.6. The fourth-order valence-electron chi connectivity index (χ4n) is 1.65. The van der Waals surface area contributed by atoms with E-state index in [0.29, 0.717) is 22.7 Å². The molecule has 5 nitrogen and oxygen atoms in total. The lowest BCUT2D eigenvalue weighted by atomic mass is 10.1. The first-order valence-corrected chi connectivity index (χ1v) is 6.31. The molecule has 2 rings (SSSR count). The summed E-state index contributed by atoms with van der Waals surface area (Å²) >= 11 is 0. The third-order valence-electron chi connectivity index (χ3n) is 2.62. The van der Waals surface area contributed by atoms with Gasteiger partial charge in [0.1, 0.15) is 12.4 Å². The number of halogens is 3. The number of rotatable bonds is 5. The molecular formula is C14H13F3N2O3. The van der Waals surface area contributed by atoms with Crippen molar-refractivity contribution in [3.63, 3.8) is 0 Å². The SMILES string of the molecule is Cc1cc(NC(=O)c2ccc(COCC(F)(F)F)cc2)no1. The highest BCUT2D eigenvalue weighted by Gasteiger charge is 2.27. The second-order valence-corrected chi connectivity index (χ2v) is 4.58. The van der Waals surface area contributed by atoms with Crippen LogP contribution in [0.3, 0.4) is 0 Å². The molecule has 0 saturated carbocycles. The number of anilines is 1. The summed E-state index contributed by atoms with van der Waals surface area (Å²) in [5.74, 6) is 0.462. The van der Waals surface area contributed by atoms with Crippen molar-refractivity contribution in [1.29, 1.82) is 0 Å². The zero-order chi connectivity index (χ0) is 16.2. The summed E-state index contributed by atoms with van der Waals surface area (Å²) in [5.41, 5.74) is 0.887. The van der Waals surface area contributed by atoms with Gasteiger partial charge in [-0.05, 0) is 24.6 Å². The molecule has 0 aliphatic carbocycles. The van der Waals surface area contributed by atoms with Gasteiger partial charge in [0.05, 0.1) is 6.61 Å². The third-order valence-corrected chi connectivity index (χ3v) is 2.62. The minimum Gasteiger partial charge on any atom is -0.367 e. The van der Waals surface area contributed by atoms with Gasteiger partial charge in [-0.3, -0.25) is 4.79 Å². The van der Waals surface area contributed by atoms with E-state index in [-0.39, 0.29) is 6.61 Å². The number of ether oxygens (including phenoxy) is 1. The Morgan fingerprint density at radius 3 is 2.55 bits per heavy atom. The first-order chi connectivity index (χ1) is 10.3. The van der Waals surface area contributed by atoms with Crippen LogP contribution in [0.2, 0.25) is 0 Å². The van der Waals surface area contributed by atoms with E-state index in [1.165, 1.54) is 24.3 Å². The van der Waals surface area contributed by atoms with Crippen LogP contribution >= 0.6 is 0 Å². The summed E-state index contributed by atoms with van der Waals surface area (Å²) in [7, 11) is 0. The molecular weight excluding hydrogens is 301 g/mol. The van der Waals surface area contributed by atoms with Gasteiger partial charge in [0, 0.05) is 11.6 Å². The zero-order valence-electron chi connectivity index (χ0n) is 11.6. The highest BCUT2D eigenvalue weighted by atomic mass is 19.4. The second kappa shape index (κ2) is 6.61. The van der Waals surface area contributed by atoms with Crippen LogP contribution in [0.25, 0.3) is 0 Å². The van der Waals surface area contributed by atoms with Crippen molar-refractivity contribution in [2.75, 3.05) is 11.9 Å². The Bertz CT molecular complexity index is 636. The summed E-state index contributed by atoms with van der Waals surface area (Å²) in [6.07, 6.45) is -4.35. The Hall–Kier alpha value is -2.35. The molecule has 8 heteroatoms. The van der Waals surface area contributed by atoms with Crippen molar-refractivity contribution in [3.8, 4) is 0 Å². The van der Waals surface area contributed by atoms with Crippen LogP contribution in [0.5, 0.6) is 0 Å². The molecule has 0 spiro atoms. The first kappa shape index (κ1) is 16.0. The Morgan fingerprint density at radius 2 is 2.00 bits per heavy atom. The summed E-state index contributed by atoms with van der Waals surface area (Å²) < 4.78 is 45.2. The van der Waals surface area contributed by atoms with Gasteiger partial charge in [0.2, 0.25) is 0 Å². The predicted octanol–water partition coefficient (Wildman–Crippen LogP) is 3.31. The monoisotopic (exact) mass is 314 g/mol. The van der Waals surface area contributed by atoms with E-state index in [2.05, 4.69) is 15.2 Å². The van der Waals surface area contributed by atoms with Crippen LogP contribution in [0.15, 0.2) is 34.9 Å². The van der Waals surface area contributed by atoms with Gasteiger partial charge in [-0.15, -0.1) is 0 Å². The van der Waals surface area contributed by atoms with Crippen LogP contribution in [0.4, 0.5) is 19.0 Å². The number of hydrogen-bond acceptors (Lipinski definition) is 4. The average Bonchev–Trinajstić information content (AvgIpc) is 2.83. The van der Waals surface area contributed by atoms with Crippen LogP contribution in [-0.4, -0.2) is 23.8 Å². The van der Waals surface area contributed by atoms with E-state index in [1.807, 2.05) is 0 Å². The summed E-state index contributed by atoms with van der Waals surface area (Å²) in [6.45, 7) is 0.211. The molecule has 0 atom stereocenters. The van der Waals surface area contributed by atoms with Crippen LogP contribution in [0.1, 0.15) is 21.7 Å². The Kier molecular flexibility index (Phi) is 4.81. The molecule has 0 aliphatic heterocycles. The number of aryl methyl sites for hydroxylation is 1. The van der Waals surface area contributed by atoms with Crippen LogP contribution in [0, 0.1) is 6.92 Å². The number of carbonyl (C=O) groups is 1. The molecule has 1 N–H and O–H groups in total. The van der Waals surface area contributed by atoms with E-state index in [9.17, 15) is 18.0 Å². The number of benzene rings is 1. The number of aromatic nitrogens is 1. The van der Waals surface area contributed by atoms with Crippen molar-refractivity contribution < 1.29 is 27.2 Å². The van der Waals surface area contributed by atoms with Gasteiger partial charge in [0.25, 0.3) is 5.91 Å². The fourth-order valence-corrected chi connectivity index (χ4v) is 1.65. The van der Waals surface area contributed by atoms with Crippen molar-refractivity contribution in [2.24, 2.45) is 0 Å². The van der Waals surface area contributed by atoms with Crippen LogP contribution < -0.4 is 5.32 Å². The molecule has 0 bridgehead atoms. The largest absolute Gasteiger partial charge is 0.411 e. The topological polar surface area (TPSA) is 64.4 Å². The normalized spacial score (nSPS) is 11.5. The molecule has 22 heavy (non-hydrogen) atoms. The average molecular weight is 314 g/mol. The number of carbonyl (C=O) groups excluding carboxylic acids is 1. The predicted molar refractivity (Wildman–Crippen MR) is 71.3 cm³/mol. The number of nitrogens with one attached hydrogen (secondary N) is 1. The fraction of sp³-hybridized carbons (Fsp3) is 0.286. The van der Waals surface area contributed by atoms with Gasteiger partial charge in [-0.2, -0.15) is 13.2 Å². The molecule has 1 heterocycles. The molecule has 0 fully saturated rings. The molecule has 1 amide bonds. The summed E-state index contributed by atoms with van der Waals surface area (Å²) in [6, 6.07) is 7.61. The number of amides is 1. The smallest absolute Gasteiger partial charge is 0.367 e. The van der Waals surface area contributed by atoms with Crippen molar-refractivity contribution in [3.05, 3.63) is 47.2 Å². The minimum atomic E-state index is -4.35. The number of nitrogens with zero attached hydrogens (tertiary/aromatic N) is 1. The number of hydrogen-bond donors (Lipinski definition) is 1. The van der Waals surface area contributed by atoms with E-state index in [1.54, 1.807) is 13.0 Å².